The second-order valence-electron chi connectivity index (χ2n) is 12.7. The van der Waals surface area contributed by atoms with Crippen molar-refractivity contribution in [3.63, 3.8) is 0 Å². The zero-order valence-electron chi connectivity index (χ0n) is 26.1. The van der Waals surface area contributed by atoms with Gasteiger partial charge in [0.2, 0.25) is 0 Å². The lowest BCUT2D eigenvalue weighted by atomic mass is 9.63. The molecule has 1 amide bonds. The minimum Gasteiger partial charge on any atom is -0.389 e. The molecule has 1 fully saturated rings. The standard InChI is InChI=1S/C32H35N11O2S/c1-17(22-8-6-13-41(22)3)43-30-20(16-36-43)29(42-14-10-21(39-42)31(44)35-2)37-28(38-30)25-18-7-4-11-32(26(18)45-40-25)12-5-9-23-24(32)19(15-33)27(34)46-23/h10,14,16-17,22H,4-9,11-13,34H2,1-3H3,(H,35,44)/t17-,22+,32+/m1/s1. The number of nitrogens with two attached hydrogens (primary N) is 1. The van der Waals surface area contributed by atoms with Crippen LogP contribution >= 0.6 is 11.3 Å². The van der Waals surface area contributed by atoms with Crippen molar-refractivity contribution in [3.8, 4) is 23.4 Å². The van der Waals surface area contributed by atoms with Gasteiger partial charge in [0.15, 0.2) is 34.4 Å². The van der Waals surface area contributed by atoms with E-state index in [9.17, 15) is 10.1 Å². The Balaban J connectivity index is 1.31. The highest BCUT2D eigenvalue weighted by Gasteiger charge is 2.49. The topological polar surface area (TPSA) is 170 Å². The van der Waals surface area contributed by atoms with E-state index in [1.54, 1.807) is 30.2 Å². The van der Waals surface area contributed by atoms with Crippen molar-refractivity contribution in [2.75, 3.05) is 26.4 Å². The number of fused-ring (bicyclic) bond motifs is 5. The first-order chi connectivity index (χ1) is 22.3. The Labute approximate surface area is 269 Å². The molecule has 236 valence electrons. The van der Waals surface area contributed by atoms with E-state index in [1.807, 2.05) is 4.68 Å². The minimum absolute atomic E-state index is 0.0586. The Kier molecular flexibility index (Phi) is 6.73. The molecule has 1 spiro atoms. The van der Waals surface area contributed by atoms with E-state index < -0.39 is 5.41 Å². The normalized spacial score (nSPS) is 21.7. The van der Waals surface area contributed by atoms with Crippen LogP contribution in [0.15, 0.2) is 23.0 Å². The zero-order chi connectivity index (χ0) is 31.7. The van der Waals surface area contributed by atoms with Crippen molar-refractivity contribution in [2.24, 2.45) is 0 Å². The molecule has 14 heteroatoms. The zero-order valence-corrected chi connectivity index (χ0v) is 26.9. The van der Waals surface area contributed by atoms with Gasteiger partial charge in [0.25, 0.3) is 5.91 Å². The van der Waals surface area contributed by atoms with Crippen LogP contribution in [0.25, 0.3) is 28.4 Å². The molecule has 8 rings (SSSR count). The summed E-state index contributed by atoms with van der Waals surface area (Å²) in [5, 5.41) is 28.1. The maximum Gasteiger partial charge on any atom is 0.271 e. The molecule has 0 bridgehead atoms. The first-order valence-corrected chi connectivity index (χ1v) is 16.7. The van der Waals surface area contributed by atoms with E-state index in [2.05, 4.69) is 40.5 Å². The maximum atomic E-state index is 12.4. The molecule has 3 N–H and O–H groups in total. The van der Waals surface area contributed by atoms with E-state index in [1.165, 1.54) is 16.2 Å². The van der Waals surface area contributed by atoms with Crippen LogP contribution in [-0.4, -0.2) is 72.2 Å². The number of hydrogen-bond donors (Lipinski definition) is 2. The third-order valence-corrected chi connectivity index (χ3v) is 11.4. The molecule has 3 aliphatic rings. The molecule has 2 aliphatic carbocycles. The van der Waals surface area contributed by atoms with Crippen molar-refractivity contribution in [1.82, 2.24) is 44.9 Å². The van der Waals surface area contributed by atoms with Gasteiger partial charge in [-0.2, -0.15) is 15.5 Å². The van der Waals surface area contributed by atoms with Crippen LogP contribution in [0.5, 0.6) is 0 Å². The monoisotopic (exact) mass is 637 g/mol. The van der Waals surface area contributed by atoms with Gasteiger partial charge in [0.1, 0.15) is 11.1 Å². The number of rotatable bonds is 5. The Bertz CT molecular complexity index is 2040. The Hall–Kier alpha value is -4.61. The summed E-state index contributed by atoms with van der Waals surface area (Å²) in [6, 6.07) is 4.43. The summed E-state index contributed by atoms with van der Waals surface area (Å²) in [6.45, 7) is 3.23. The smallest absolute Gasteiger partial charge is 0.271 e. The number of aryl methyl sites for hydroxylation is 1. The molecule has 1 saturated heterocycles. The minimum atomic E-state index is -0.452. The van der Waals surface area contributed by atoms with Crippen LogP contribution in [0.4, 0.5) is 5.00 Å². The van der Waals surface area contributed by atoms with Crippen LogP contribution < -0.4 is 11.1 Å². The van der Waals surface area contributed by atoms with E-state index in [0.29, 0.717) is 39.6 Å². The SMILES string of the molecule is CNC(=O)c1ccn(-c2nc(-c3noc4c3CCC[C@@]43CCCc4sc(N)c(C#N)c43)nc3c2cnn3[C@H](C)[C@@H]2CCCN2C)n1. The van der Waals surface area contributed by atoms with Crippen molar-refractivity contribution in [1.29, 1.82) is 5.26 Å². The molecule has 5 aromatic rings. The van der Waals surface area contributed by atoms with Crippen LogP contribution in [-0.2, 0) is 18.3 Å². The fraction of sp³-hybridized carbons (Fsp3) is 0.469. The molecule has 0 aromatic carbocycles. The average molecular weight is 638 g/mol. The maximum absolute atomic E-state index is 12.4. The first kappa shape index (κ1) is 28.8. The second kappa shape index (κ2) is 10.7. The van der Waals surface area contributed by atoms with Gasteiger partial charge in [-0.15, -0.1) is 11.3 Å². The van der Waals surface area contributed by atoms with E-state index >= 15 is 0 Å². The predicted molar refractivity (Wildman–Crippen MR) is 172 cm³/mol. The van der Waals surface area contributed by atoms with Gasteiger partial charge in [-0.1, -0.05) is 5.16 Å². The highest BCUT2D eigenvalue weighted by atomic mass is 32.1. The molecular formula is C32H35N11O2S. The highest BCUT2D eigenvalue weighted by molar-refractivity contribution is 7.16. The second-order valence-corrected chi connectivity index (χ2v) is 13.9. The Morgan fingerprint density at radius 2 is 2.09 bits per heavy atom. The van der Waals surface area contributed by atoms with E-state index in [4.69, 9.17) is 25.3 Å². The van der Waals surface area contributed by atoms with E-state index in [0.717, 1.165) is 80.2 Å². The van der Waals surface area contributed by atoms with Crippen molar-refractivity contribution in [2.45, 2.75) is 75.8 Å². The summed E-state index contributed by atoms with van der Waals surface area (Å²) in [4.78, 5) is 26.1. The van der Waals surface area contributed by atoms with Crippen LogP contribution in [0, 0.1) is 11.3 Å². The van der Waals surface area contributed by atoms with Gasteiger partial charge in [-0.25, -0.2) is 19.3 Å². The first-order valence-electron chi connectivity index (χ1n) is 15.9. The molecule has 46 heavy (non-hydrogen) atoms. The number of nitriles is 1. The average Bonchev–Trinajstić information content (AvgIpc) is 3.89. The number of amides is 1. The number of nitrogens with one attached hydrogen (secondary N) is 1. The largest absolute Gasteiger partial charge is 0.389 e. The summed E-state index contributed by atoms with van der Waals surface area (Å²) in [5.74, 6) is 1.43. The van der Waals surface area contributed by atoms with E-state index in [-0.39, 0.29) is 17.6 Å². The number of nitrogen functional groups attached to an aromatic ring is 1. The quantitative estimate of drug-likeness (QED) is 0.285. The number of anilines is 1. The number of aromatic nitrogens is 7. The molecule has 0 unspecified atom stereocenters. The van der Waals surface area contributed by atoms with Gasteiger partial charge >= 0.3 is 0 Å². The molecule has 3 atom stereocenters. The summed E-state index contributed by atoms with van der Waals surface area (Å²) < 4.78 is 9.87. The number of carbonyl (C=O) groups is 1. The summed E-state index contributed by atoms with van der Waals surface area (Å²) in [5.41, 5.74) is 10.0. The summed E-state index contributed by atoms with van der Waals surface area (Å²) in [6.07, 6.45) is 11.0. The number of likely N-dealkylation sites (N-methyl/N-ethyl adjacent to an activating group) is 1. The third kappa shape index (κ3) is 4.14. The fourth-order valence-electron chi connectivity index (χ4n) is 8.11. The van der Waals surface area contributed by atoms with Crippen LogP contribution in [0.3, 0.4) is 0 Å². The fourth-order valence-corrected chi connectivity index (χ4v) is 9.27. The molecule has 0 saturated carbocycles. The highest BCUT2D eigenvalue weighted by Crippen LogP contribution is 2.55. The van der Waals surface area contributed by atoms with Crippen LogP contribution in [0.1, 0.15) is 89.3 Å². The van der Waals surface area contributed by atoms with Gasteiger partial charge in [0, 0.05) is 29.7 Å². The lowest BCUT2D eigenvalue weighted by Gasteiger charge is -2.39. The molecule has 6 heterocycles. The van der Waals surface area contributed by atoms with Crippen molar-refractivity contribution < 1.29 is 9.32 Å². The Morgan fingerprint density at radius 1 is 1.26 bits per heavy atom. The van der Waals surface area contributed by atoms with Crippen molar-refractivity contribution in [3.05, 3.63) is 51.5 Å². The molecule has 13 nitrogen and oxygen atoms in total. The molecule has 0 radical (unpaired) electrons. The lowest BCUT2D eigenvalue weighted by Crippen LogP contribution is -2.35. The van der Waals surface area contributed by atoms with Crippen molar-refractivity contribution >= 4 is 33.3 Å². The molecular weight excluding hydrogens is 602 g/mol. The predicted octanol–water partition coefficient (Wildman–Crippen LogP) is 4.16. The molecule has 5 aromatic heterocycles. The molecule has 1 aliphatic heterocycles. The number of likely N-dealkylation sites (tertiary alicyclic amines) is 1. The Morgan fingerprint density at radius 3 is 2.85 bits per heavy atom. The number of thiophene rings is 1. The summed E-state index contributed by atoms with van der Waals surface area (Å²) in [7, 11) is 3.73. The number of carbonyl (C=O) groups excluding carboxylic acids is 1. The van der Waals surface area contributed by atoms with Gasteiger partial charge < -0.3 is 20.5 Å². The number of nitrogens with zero attached hydrogens (tertiary/aromatic N) is 9. The third-order valence-electron chi connectivity index (χ3n) is 10.3. The number of hydrogen-bond acceptors (Lipinski definition) is 11. The van der Waals surface area contributed by atoms with Gasteiger partial charge in [0.05, 0.1) is 28.6 Å². The van der Waals surface area contributed by atoms with Gasteiger partial charge in [-0.3, -0.25) is 4.79 Å². The summed E-state index contributed by atoms with van der Waals surface area (Å²) >= 11 is 1.53. The van der Waals surface area contributed by atoms with Crippen LogP contribution in [0.2, 0.25) is 0 Å². The van der Waals surface area contributed by atoms with Gasteiger partial charge in [-0.05, 0) is 83.5 Å². The lowest BCUT2D eigenvalue weighted by molar-refractivity contribution is 0.0957.